The van der Waals surface area contributed by atoms with Crippen LogP contribution in [0.5, 0.6) is 0 Å². The minimum Gasteiger partial charge on any atom is -0.389 e. The van der Waals surface area contributed by atoms with E-state index >= 15 is 0 Å². The van der Waals surface area contributed by atoms with E-state index in [-0.39, 0.29) is 35.5 Å². The van der Waals surface area contributed by atoms with Crippen molar-refractivity contribution in [2.45, 2.75) is 42.5 Å². The number of carbonyl (C=O) groups is 1. The van der Waals surface area contributed by atoms with Gasteiger partial charge in [0.2, 0.25) is 11.7 Å². The predicted octanol–water partition coefficient (Wildman–Crippen LogP) is 1.90. The smallest absolute Gasteiger partial charge is 0.229 e. The molecule has 3 heterocycles. The third-order valence-corrected chi connectivity index (χ3v) is 9.48. The lowest BCUT2D eigenvalue weighted by atomic mass is 9.93. The molecule has 10 nitrogen and oxygen atoms in total. The zero-order chi connectivity index (χ0) is 29.0. The van der Waals surface area contributed by atoms with Crippen LogP contribution in [0.1, 0.15) is 41.9 Å². The molecule has 0 saturated heterocycles. The standard InChI is InChI=1S/C30H25F2N7O3/c1-33-28(41)29-12-17(29)22-24(30(22,42)27(29)40)39-13-35-23-25(36-20-11-16(20)14-5-7-18(31)19(32)10-14)37-21(38-26(23)39)8-6-15-4-2-3-9-34-15/h2-5,7,9-10,13,16-17,20,22,24,27,40,42H,11-12H2,1H3,(H,33,41)(H,36,37,38)/t16?,17?,20-,22+,24-,27-,29-,30-/m1/s1. The van der Waals surface area contributed by atoms with Crippen LogP contribution < -0.4 is 10.6 Å². The second kappa shape index (κ2) is 8.53. The van der Waals surface area contributed by atoms with Crippen molar-refractivity contribution < 1.29 is 23.8 Å². The highest BCUT2D eigenvalue weighted by Gasteiger charge is 2.91. The number of rotatable bonds is 5. The summed E-state index contributed by atoms with van der Waals surface area (Å²) < 4.78 is 29.1. The van der Waals surface area contributed by atoms with Gasteiger partial charge in [0.05, 0.1) is 23.9 Å². The molecule has 212 valence electrons. The number of carbonyl (C=O) groups excluding carboxylic acids is 1. The molecule has 0 radical (unpaired) electrons. The Hall–Kier alpha value is -4.47. The van der Waals surface area contributed by atoms with E-state index < -0.39 is 34.8 Å². The first-order valence-electron chi connectivity index (χ1n) is 13.8. The number of amides is 1. The Kier molecular flexibility index (Phi) is 5.13. The van der Waals surface area contributed by atoms with Crippen molar-refractivity contribution in [3.8, 4) is 11.8 Å². The van der Waals surface area contributed by atoms with Crippen molar-refractivity contribution in [2.75, 3.05) is 12.4 Å². The molecule has 42 heavy (non-hydrogen) atoms. The number of aromatic nitrogens is 5. The lowest BCUT2D eigenvalue weighted by Crippen LogP contribution is -2.45. The first kappa shape index (κ1) is 25.3. The number of aliphatic hydroxyl groups is 2. The third kappa shape index (κ3) is 3.41. The summed E-state index contributed by atoms with van der Waals surface area (Å²) in [6.07, 6.45) is 3.19. The maximum absolute atomic E-state index is 13.9. The fourth-order valence-electron chi connectivity index (χ4n) is 7.26. The summed E-state index contributed by atoms with van der Waals surface area (Å²) in [4.78, 5) is 30.7. The SMILES string of the molecule is CNC(=O)[C@]12CC1[C@H]1[C@@H](n3cnc4c(N[C@@H]5CC5c5ccc(F)c(F)c5)nc(C#Cc5ccccn5)nc43)[C@@]1(O)[C@@H]2O. The lowest BCUT2D eigenvalue weighted by molar-refractivity contribution is -0.134. The molecule has 4 N–H and O–H groups in total. The van der Waals surface area contributed by atoms with Gasteiger partial charge < -0.3 is 25.4 Å². The monoisotopic (exact) mass is 569 g/mol. The van der Waals surface area contributed by atoms with Crippen molar-refractivity contribution in [2.24, 2.45) is 17.3 Å². The average Bonchev–Trinajstić information content (AvgIpc) is 3.94. The number of anilines is 1. The topological polar surface area (TPSA) is 138 Å². The molecule has 4 saturated carbocycles. The van der Waals surface area contributed by atoms with E-state index in [0.717, 1.165) is 6.07 Å². The Labute approximate surface area is 238 Å². The van der Waals surface area contributed by atoms with Gasteiger partial charge in [0, 0.05) is 31.1 Å². The van der Waals surface area contributed by atoms with Crippen molar-refractivity contribution in [1.29, 1.82) is 0 Å². The van der Waals surface area contributed by atoms with Gasteiger partial charge in [0.25, 0.3) is 0 Å². The molecule has 1 aromatic carbocycles. The number of imidazole rings is 1. The highest BCUT2D eigenvalue weighted by Crippen LogP contribution is 2.82. The third-order valence-electron chi connectivity index (χ3n) is 9.48. The normalized spacial score (nSPS) is 33.3. The molecule has 8 rings (SSSR count). The zero-order valence-electron chi connectivity index (χ0n) is 22.3. The summed E-state index contributed by atoms with van der Waals surface area (Å²) in [6.45, 7) is 0. The second-order valence-electron chi connectivity index (χ2n) is 11.6. The van der Waals surface area contributed by atoms with Gasteiger partial charge in [-0.25, -0.2) is 28.7 Å². The zero-order valence-corrected chi connectivity index (χ0v) is 22.3. The first-order valence-corrected chi connectivity index (χ1v) is 13.8. The van der Waals surface area contributed by atoms with Gasteiger partial charge in [-0.3, -0.25) is 4.79 Å². The minimum atomic E-state index is -1.48. The molecule has 4 aliphatic rings. The molecular formula is C30H25F2N7O3. The summed E-state index contributed by atoms with van der Waals surface area (Å²) >= 11 is 0. The van der Waals surface area contributed by atoms with Gasteiger partial charge in [0.15, 0.2) is 28.6 Å². The quantitative estimate of drug-likeness (QED) is 0.268. The minimum absolute atomic E-state index is 0.0402. The molecule has 4 aromatic rings. The van der Waals surface area contributed by atoms with Crippen LogP contribution in [-0.4, -0.2) is 65.4 Å². The molecule has 0 spiro atoms. The van der Waals surface area contributed by atoms with E-state index in [1.54, 1.807) is 35.3 Å². The van der Waals surface area contributed by atoms with Gasteiger partial charge in [-0.05, 0) is 60.4 Å². The average molecular weight is 570 g/mol. The summed E-state index contributed by atoms with van der Waals surface area (Å²) in [5, 5.41) is 28.7. The highest BCUT2D eigenvalue weighted by molar-refractivity contribution is 5.89. The van der Waals surface area contributed by atoms with E-state index in [4.69, 9.17) is 0 Å². The van der Waals surface area contributed by atoms with Gasteiger partial charge in [-0.1, -0.05) is 12.1 Å². The van der Waals surface area contributed by atoms with E-state index in [0.29, 0.717) is 41.1 Å². The molecule has 2 unspecified atom stereocenters. The summed E-state index contributed by atoms with van der Waals surface area (Å²) in [6, 6.07) is 8.68. The Morgan fingerprint density at radius 1 is 1.14 bits per heavy atom. The van der Waals surface area contributed by atoms with Gasteiger partial charge in [-0.15, -0.1) is 0 Å². The van der Waals surface area contributed by atoms with Crippen LogP contribution in [0.4, 0.5) is 14.6 Å². The highest BCUT2D eigenvalue weighted by atomic mass is 19.2. The Bertz CT molecular complexity index is 1860. The maximum Gasteiger partial charge on any atom is 0.229 e. The van der Waals surface area contributed by atoms with Gasteiger partial charge in [-0.2, -0.15) is 0 Å². The number of nitrogens with one attached hydrogen (secondary N) is 2. The summed E-state index contributed by atoms with van der Waals surface area (Å²) in [5.74, 6) is 4.00. The van der Waals surface area contributed by atoms with E-state index in [1.165, 1.54) is 13.1 Å². The second-order valence-corrected chi connectivity index (χ2v) is 11.6. The molecule has 1 amide bonds. The molecule has 0 aliphatic heterocycles. The van der Waals surface area contributed by atoms with Crippen LogP contribution >= 0.6 is 0 Å². The Morgan fingerprint density at radius 2 is 2.00 bits per heavy atom. The number of hydrogen-bond donors (Lipinski definition) is 4. The molecule has 8 atom stereocenters. The molecular weight excluding hydrogens is 544 g/mol. The van der Waals surface area contributed by atoms with Crippen LogP contribution in [0.25, 0.3) is 11.2 Å². The van der Waals surface area contributed by atoms with Crippen LogP contribution in [0.15, 0.2) is 48.9 Å². The number of aliphatic hydroxyl groups excluding tert-OH is 1. The maximum atomic E-state index is 13.9. The largest absolute Gasteiger partial charge is 0.389 e. The number of hydrogen-bond acceptors (Lipinski definition) is 8. The number of pyridine rings is 1. The molecule has 4 aliphatic carbocycles. The van der Waals surface area contributed by atoms with Crippen LogP contribution in [0, 0.1) is 40.7 Å². The van der Waals surface area contributed by atoms with Crippen LogP contribution in [-0.2, 0) is 4.79 Å². The molecule has 4 fully saturated rings. The van der Waals surface area contributed by atoms with E-state index in [1.807, 2.05) is 6.07 Å². The van der Waals surface area contributed by atoms with Crippen molar-refractivity contribution in [1.82, 2.24) is 29.8 Å². The molecule has 12 heteroatoms. The first-order chi connectivity index (χ1) is 20.3. The lowest BCUT2D eigenvalue weighted by Gasteiger charge is -2.25. The fourth-order valence-corrected chi connectivity index (χ4v) is 7.26. The predicted molar refractivity (Wildman–Crippen MR) is 145 cm³/mol. The number of fused-ring (bicyclic) bond motifs is 4. The van der Waals surface area contributed by atoms with Crippen molar-refractivity contribution >= 4 is 22.9 Å². The van der Waals surface area contributed by atoms with Crippen molar-refractivity contribution in [3.63, 3.8) is 0 Å². The van der Waals surface area contributed by atoms with Crippen molar-refractivity contribution in [3.05, 3.63) is 77.6 Å². The number of nitrogens with zero attached hydrogens (tertiary/aromatic N) is 5. The Balaban J connectivity index is 1.15. The molecule has 3 aromatic heterocycles. The Morgan fingerprint density at radius 3 is 2.71 bits per heavy atom. The van der Waals surface area contributed by atoms with Crippen LogP contribution in [0.3, 0.4) is 0 Å². The van der Waals surface area contributed by atoms with E-state index in [2.05, 4.69) is 42.4 Å². The van der Waals surface area contributed by atoms with Gasteiger partial charge >= 0.3 is 0 Å². The van der Waals surface area contributed by atoms with E-state index in [9.17, 15) is 23.8 Å². The number of benzene rings is 1. The molecule has 0 bridgehead atoms. The van der Waals surface area contributed by atoms with Gasteiger partial charge in [0.1, 0.15) is 11.3 Å². The number of halogens is 2. The summed E-state index contributed by atoms with van der Waals surface area (Å²) in [5.41, 5.74) is -0.333. The fraction of sp³-hybridized carbons (Fsp3) is 0.367. The summed E-state index contributed by atoms with van der Waals surface area (Å²) in [7, 11) is 1.53. The van der Waals surface area contributed by atoms with Crippen LogP contribution in [0.2, 0.25) is 0 Å².